The number of furan rings is 1. The lowest BCUT2D eigenvalue weighted by Gasteiger charge is -2.18. The number of Topliss-reactive ketones (excluding diaryl/α,β-unsaturated/α-hetero) is 1. The van der Waals surface area contributed by atoms with Crippen LogP contribution in [-0.4, -0.2) is 12.8 Å². The van der Waals surface area contributed by atoms with Crippen molar-refractivity contribution in [3.8, 4) is 0 Å². The number of anilines is 1. The smallest absolute Gasteiger partial charge is 0.163 e. The zero-order valence-corrected chi connectivity index (χ0v) is 10.3. The highest BCUT2D eigenvalue weighted by atomic mass is 16.3. The van der Waals surface area contributed by atoms with E-state index in [1.807, 2.05) is 31.3 Å². The van der Waals surface area contributed by atoms with Crippen LogP contribution in [0, 0.1) is 0 Å². The van der Waals surface area contributed by atoms with E-state index < -0.39 is 0 Å². The summed E-state index contributed by atoms with van der Waals surface area (Å²) in [5.74, 6) is 1.21. The van der Waals surface area contributed by atoms with E-state index in [0.29, 0.717) is 6.42 Å². The van der Waals surface area contributed by atoms with Crippen LogP contribution in [0.4, 0.5) is 5.69 Å². The zero-order valence-electron chi connectivity index (χ0n) is 10.3. The molecule has 0 aliphatic heterocycles. The van der Waals surface area contributed by atoms with Crippen LogP contribution in [0.5, 0.6) is 0 Å². The van der Waals surface area contributed by atoms with Gasteiger partial charge in [-0.15, -0.1) is 0 Å². The number of carbonyl (C=O) groups is 1. The summed E-state index contributed by atoms with van der Waals surface area (Å²) in [6.07, 6.45) is 3.21. The van der Waals surface area contributed by atoms with Gasteiger partial charge in [-0.3, -0.25) is 4.79 Å². The van der Waals surface area contributed by atoms with Crippen LogP contribution in [0.15, 0.2) is 41.0 Å². The molecule has 1 aromatic heterocycles. The topological polar surface area (TPSA) is 33.5 Å². The Balaban J connectivity index is 1.82. The predicted molar refractivity (Wildman–Crippen MR) is 69.9 cm³/mol. The van der Waals surface area contributed by atoms with Gasteiger partial charge in [-0.2, -0.15) is 0 Å². The summed E-state index contributed by atoms with van der Waals surface area (Å²) in [6, 6.07) is 9.92. The van der Waals surface area contributed by atoms with Crippen molar-refractivity contribution in [2.45, 2.75) is 19.4 Å². The molecule has 0 N–H and O–H groups in total. The van der Waals surface area contributed by atoms with Gasteiger partial charge in [0.25, 0.3) is 0 Å². The van der Waals surface area contributed by atoms with Crippen molar-refractivity contribution in [3.05, 3.63) is 53.5 Å². The summed E-state index contributed by atoms with van der Waals surface area (Å²) in [6.45, 7) is 0.736. The maximum Gasteiger partial charge on any atom is 0.163 e. The second-order valence-electron chi connectivity index (χ2n) is 4.70. The SMILES string of the molecule is CN(Cc1ccco1)c1ccc2c(c1)CCC2=O. The summed E-state index contributed by atoms with van der Waals surface area (Å²) >= 11 is 0. The minimum atomic E-state index is 0.269. The largest absolute Gasteiger partial charge is 0.467 e. The molecular formula is C15H15NO2. The van der Waals surface area contributed by atoms with Gasteiger partial charge in [-0.05, 0) is 42.3 Å². The molecule has 0 bridgehead atoms. The fourth-order valence-corrected chi connectivity index (χ4v) is 2.41. The molecule has 3 nitrogen and oxygen atoms in total. The van der Waals surface area contributed by atoms with E-state index in [4.69, 9.17) is 4.42 Å². The van der Waals surface area contributed by atoms with Crippen LogP contribution in [-0.2, 0) is 13.0 Å². The molecule has 0 spiro atoms. The number of aryl methyl sites for hydroxylation is 1. The first-order valence-corrected chi connectivity index (χ1v) is 6.14. The van der Waals surface area contributed by atoms with Crippen LogP contribution in [0.3, 0.4) is 0 Å². The third kappa shape index (κ3) is 1.92. The fourth-order valence-electron chi connectivity index (χ4n) is 2.41. The Hall–Kier alpha value is -2.03. The number of ketones is 1. The van der Waals surface area contributed by atoms with Gasteiger partial charge in [-0.25, -0.2) is 0 Å². The minimum Gasteiger partial charge on any atom is -0.467 e. The van der Waals surface area contributed by atoms with Crippen LogP contribution in [0.25, 0.3) is 0 Å². The van der Waals surface area contributed by atoms with E-state index in [2.05, 4.69) is 11.0 Å². The monoisotopic (exact) mass is 241 g/mol. The second-order valence-corrected chi connectivity index (χ2v) is 4.70. The highest BCUT2D eigenvalue weighted by Gasteiger charge is 2.19. The number of nitrogens with zero attached hydrogens (tertiary/aromatic N) is 1. The van der Waals surface area contributed by atoms with Gasteiger partial charge < -0.3 is 9.32 Å². The van der Waals surface area contributed by atoms with E-state index in [-0.39, 0.29) is 5.78 Å². The lowest BCUT2D eigenvalue weighted by atomic mass is 10.1. The van der Waals surface area contributed by atoms with E-state index in [1.54, 1.807) is 6.26 Å². The normalized spacial score (nSPS) is 13.7. The van der Waals surface area contributed by atoms with Gasteiger partial charge in [0.1, 0.15) is 5.76 Å². The number of fused-ring (bicyclic) bond motifs is 1. The molecule has 0 atom stereocenters. The molecule has 0 saturated carbocycles. The van der Waals surface area contributed by atoms with E-state index in [9.17, 15) is 4.79 Å². The third-order valence-corrected chi connectivity index (χ3v) is 3.42. The Labute approximate surface area is 106 Å². The molecular weight excluding hydrogens is 226 g/mol. The van der Waals surface area contributed by atoms with Crippen molar-refractivity contribution in [1.29, 1.82) is 0 Å². The van der Waals surface area contributed by atoms with Crippen molar-refractivity contribution < 1.29 is 9.21 Å². The van der Waals surface area contributed by atoms with Crippen molar-refractivity contribution in [2.75, 3.05) is 11.9 Å². The quantitative estimate of drug-likeness (QED) is 0.828. The van der Waals surface area contributed by atoms with E-state index in [1.165, 1.54) is 5.56 Å². The first-order valence-electron chi connectivity index (χ1n) is 6.14. The molecule has 1 aliphatic rings. The Morgan fingerprint density at radius 3 is 2.94 bits per heavy atom. The number of hydrogen-bond acceptors (Lipinski definition) is 3. The van der Waals surface area contributed by atoms with Crippen LogP contribution in [0.1, 0.15) is 28.1 Å². The van der Waals surface area contributed by atoms with Crippen molar-refractivity contribution in [1.82, 2.24) is 0 Å². The van der Waals surface area contributed by atoms with E-state index in [0.717, 1.165) is 30.0 Å². The van der Waals surface area contributed by atoms with Crippen LogP contribution < -0.4 is 4.90 Å². The molecule has 2 aromatic rings. The summed E-state index contributed by atoms with van der Waals surface area (Å²) in [5, 5.41) is 0. The fraction of sp³-hybridized carbons (Fsp3) is 0.267. The molecule has 0 saturated heterocycles. The number of benzene rings is 1. The van der Waals surface area contributed by atoms with Crippen molar-refractivity contribution in [2.24, 2.45) is 0 Å². The molecule has 0 unspecified atom stereocenters. The van der Waals surface area contributed by atoms with Crippen LogP contribution in [0.2, 0.25) is 0 Å². The summed E-state index contributed by atoms with van der Waals surface area (Å²) in [5.41, 5.74) is 3.19. The highest BCUT2D eigenvalue weighted by Crippen LogP contribution is 2.27. The van der Waals surface area contributed by atoms with Gasteiger partial charge in [-0.1, -0.05) is 0 Å². The second kappa shape index (κ2) is 4.33. The van der Waals surface area contributed by atoms with Gasteiger partial charge in [0.05, 0.1) is 12.8 Å². The first-order chi connectivity index (χ1) is 8.74. The maximum atomic E-state index is 11.6. The van der Waals surface area contributed by atoms with Gasteiger partial charge in [0.15, 0.2) is 5.78 Å². The average Bonchev–Trinajstić information content (AvgIpc) is 2.99. The number of rotatable bonds is 3. The van der Waals surface area contributed by atoms with Crippen molar-refractivity contribution >= 4 is 11.5 Å². The Morgan fingerprint density at radius 1 is 1.28 bits per heavy atom. The molecule has 92 valence electrons. The molecule has 1 aromatic carbocycles. The zero-order chi connectivity index (χ0) is 12.5. The number of carbonyl (C=O) groups excluding carboxylic acids is 1. The van der Waals surface area contributed by atoms with Gasteiger partial charge >= 0.3 is 0 Å². The summed E-state index contributed by atoms with van der Waals surface area (Å²) in [7, 11) is 2.03. The maximum absolute atomic E-state index is 11.6. The summed E-state index contributed by atoms with van der Waals surface area (Å²) in [4.78, 5) is 13.7. The molecule has 0 radical (unpaired) electrons. The molecule has 3 heteroatoms. The molecule has 3 rings (SSSR count). The Kier molecular flexibility index (Phi) is 2.67. The molecule has 0 amide bonds. The summed E-state index contributed by atoms with van der Waals surface area (Å²) < 4.78 is 5.34. The van der Waals surface area contributed by atoms with Crippen molar-refractivity contribution in [3.63, 3.8) is 0 Å². The standard InChI is InChI=1S/C15H15NO2/c1-16(10-13-3-2-8-18-13)12-5-6-14-11(9-12)4-7-15(14)17/h2-3,5-6,8-9H,4,7,10H2,1H3. The molecule has 18 heavy (non-hydrogen) atoms. The predicted octanol–water partition coefficient (Wildman–Crippen LogP) is 3.04. The molecule has 1 heterocycles. The lowest BCUT2D eigenvalue weighted by Crippen LogP contribution is -2.16. The average molecular weight is 241 g/mol. The molecule has 1 aliphatic carbocycles. The van der Waals surface area contributed by atoms with E-state index >= 15 is 0 Å². The van der Waals surface area contributed by atoms with Crippen LogP contribution >= 0.6 is 0 Å². The van der Waals surface area contributed by atoms with Gasteiger partial charge in [0.2, 0.25) is 0 Å². The lowest BCUT2D eigenvalue weighted by molar-refractivity contribution is 0.0994. The molecule has 0 fully saturated rings. The Morgan fingerprint density at radius 2 is 2.17 bits per heavy atom. The minimum absolute atomic E-state index is 0.269. The number of hydrogen-bond donors (Lipinski definition) is 0. The Bertz CT molecular complexity index is 572. The third-order valence-electron chi connectivity index (χ3n) is 3.42. The highest BCUT2D eigenvalue weighted by molar-refractivity contribution is 6.00. The first kappa shape index (κ1) is 11.1. The van der Waals surface area contributed by atoms with Gasteiger partial charge in [0, 0.05) is 24.7 Å².